The molecule has 0 unspecified atom stereocenters. The number of H-pyrrole nitrogens is 1. The zero-order valence-corrected chi connectivity index (χ0v) is 7.37. The van der Waals surface area contributed by atoms with E-state index in [0.29, 0.717) is 17.9 Å². The highest BCUT2D eigenvalue weighted by Crippen LogP contribution is 2.42. The van der Waals surface area contributed by atoms with Gasteiger partial charge in [-0.3, -0.25) is 5.10 Å². The zero-order chi connectivity index (χ0) is 9.71. The van der Waals surface area contributed by atoms with Crippen LogP contribution in [0.15, 0.2) is 12.1 Å². The van der Waals surface area contributed by atoms with E-state index in [0.717, 1.165) is 11.1 Å². The van der Waals surface area contributed by atoms with Gasteiger partial charge in [-0.1, -0.05) is 0 Å². The predicted molar refractivity (Wildman–Crippen MR) is 50.6 cm³/mol. The molecule has 2 aromatic rings. The van der Waals surface area contributed by atoms with Gasteiger partial charge in [-0.25, -0.2) is 9.37 Å². The number of rotatable bonds is 1. The molecule has 0 amide bonds. The molecule has 3 N–H and O–H groups in total. The molecule has 1 saturated carbocycles. The van der Waals surface area contributed by atoms with E-state index in [9.17, 15) is 4.39 Å². The van der Waals surface area contributed by atoms with Crippen LogP contribution in [0.1, 0.15) is 18.0 Å². The molecule has 0 saturated heterocycles. The van der Waals surface area contributed by atoms with Crippen molar-refractivity contribution in [2.24, 2.45) is 0 Å². The van der Waals surface area contributed by atoms with E-state index in [1.165, 1.54) is 0 Å². The van der Waals surface area contributed by atoms with Gasteiger partial charge in [0.25, 0.3) is 0 Å². The van der Waals surface area contributed by atoms with E-state index < -0.39 is 6.17 Å². The zero-order valence-electron chi connectivity index (χ0n) is 7.37. The SMILES string of the molecule is Nc1n[nH]c2nc([C@@H]3C[C@H]3F)ccc12. The van der Waals surface area contributed by atoms with Crippen LogP contribution in [0.5, 0.6) is 0 Å². The van der Waals surface area contributed by atoms with Crippen LogP contribution < -0.4 is 5.73 Å². The Morgan fingerprint density at radius 1 is 1.50 bits per heavy atom. The molecular formula is C9H9FN4. The van der Waals surface area contributed by atoms with Gasteiger partial charge in [0.1, 0.15) is 6.17 Å². The largest absolute Gasteiger partial charge is 0.382 e. The molecule has 0 aliphatic heterocycles. The summed E-state index contributed by atoms with van der Waals surface area (Å²) < 4.78 is 12.8. The minimum absolute atomic E-state index is 0.0241. The molecule has 14 heavy (non-hydrogen) atoms. The number of pyridine rings is 1. The molecule has 0 radical (unpaired) electrons. The molecule has 5 heteroatoms. The summed E-state index contributed by atoms with van der Waals surface area (Å²) in [5, 5.41) is 7.35. The number of fused-ring (bicyclic) bond motifs is 1. The lowest BCUT2D eigenvalue weighted by molar-refractivity contribution is 0.467. The number of hydrogen-bond acceptors (Lipinski definition) is 3. The summed E-state index contributed by atoms with van der Waals surface area (Å²) >= 11 is 0. The fourth-order valence-corrected chi connectivity index (χ4v) is 1.62. The molecule has 1 fully saturated rings. The van der Waals surface area contributed by atoms with Gasteiger partial charge in [0.15, 0.2) is 11.5 Å². The summed E-state index contributed by atoms with van der Waals surface area (Å²) in [6, 6.07) is 3.65. The van der Waals surface area contributed by atoms with Gasteiger partial charge in [-0.2, -0.15) is 5.10 Å². The van der Waals surface area contributed by atoms with Crippen LogP contribution in [-0.2, 0) is 0 Å². The Balaban J connectivity index is 2.12. The first-order valence-corrected chi connectivity index (χ1v) is 4.50. The van der Waals surface area contributed by atoms with Gasteiger partial charge in [-0.05, 0) is 18.6 Å². The van der Waals surface area contributed by atoms with Crippen molar-refractivity contribution in [1.82, 2.24) is 15.2 Å². The lowest BCUT2D eigenvalue weighted by atomic mass is 10.2. The fourth-order valence-electron chi connectivity index (χ4n) is 1.62. The molecule has 3 rings (SSSR count). The summed E-state index contributed by atoms with van der Waals surface area (Å²) in [6.45, 7) is 0. The summed E-state index contributed by atoms with van der Waals surface area (Å²) in [6.07, 6.45) is -0.137. The van der Waals surface area contributed by atoms with E-state index in [4.69, 9.17) is 5.73 Å². The minimum Gasteiger partial charge on any atom is -0.382 e. The quantitative estimate of drug-likeness (QED) is 0.716. The maximum absolute atomic E-state index is 12.8. The van der Waals surface area contributed by atoms with Crippen molar-refractivity contribution in [3.05, 3.63) is 17.8 Å². The highest BCUT2D eigenvalue weighted by molar-refractivity contribution is 5.85. The molecule has 2 atom stereocenters. The molecule has 4 nitrogen and oxygen atoms in total. The number of alkyl halides is 1. The van der Waals surface area contributed by atoms with Crippen molar-refractivity contribution in [3.8, 4) is 0 Å². The number of nitrogen functional groups attached to an aromatic ring is 1. The van der Waals surface area contributed by atoms with Crippen LogP contribution >= 0.6 is 0 Å². The number of nitrogens with two attached hydrogens (primary N) is 1. The van der Waals surface area contributed by atoms with E-state index in [2.05, 4.69) is 15.2 Å². The maximum atomic E-state index is 12.8. The highest BCUT2D eigenvalue weighted by atomic mass is 19.1. The van der Waals surface area contributed by atoms with Crippen molar-refractivity contribution in [2.45, 2.75) is 18.5 Å². The third-order valence-electron chi connectivity index (χ3n) is 2.57. The summed E-state index contributed by atoms with van der Waals surface area (Å²) in [4.78, 5) is 4.27. The van der Waals surface area contributed by atoms with Crippen LogP contribution in [0.2, 0.25) is 0 Å². The van der Waals surface area contributed by atoms with E-state index >= 15 is 0 Å². The van der Waals surface area contributed by atoms with Gasteiger partial charge < -0.3 is 5.73 Å². The highest BCUT2D eigenvalue weighted by Gasteiger charge is 2.40. The number of nitrogens with one attached hydrogen (secondary N) is 1. The van der Waals surface area contributed by atoms with E-state index in [-0.39, 0.29) is 5.92 Å². The molecule has 2 aromatic heterocycles. The normalized spacial score (nSPS) is 25.5. The summed E-state index contributed by atoms with van der Waals surface area (Å²) in [7, 11) is 0. The van der Waals surface area contributed by atoms with Crippen LogP contribution in [-0.4, -0.2) is 21.4 Å². The average molecular weight is 192 g/mol. The number of aromatic amines is 1. The smallest absolute Gasteiger partial charge is 0.157 e. The van der Waals surface area contributed by atoms with Crippen LogP contribution in [0.4, 0.5) is 10.2 Å². The Labute approximate surface area is 79.3 Å². The first kappa shape index (κ1) is 7.73. The van der Waals surface area contributed by atoms with Gasteiger partial charge in [0.05, 0.1) is 5.39 Å². The van der Waals surface area contributed by atoms with Crippen molar-refractivity contribution in [1.29, 1.82) is 0 Å². The molecule has 0 aromatic carbocycles. The topological polar surface area (TPSA) is 67.6 Å². The molecule has 0 spiro atoms. The molecular weight excluding hydrogens is 183 g/mol. The number of hydrogen-bond donors (Lipinski definition) is 2. The molecule has 72 valence electrons. The standard InChI is InChI=1S/C9H9FN4/c10-6-3-5(6)7-2-1-4-8(11)13-14-9(4)12-7/h1-2,5-6H,3H2,(H3,11,12,13,14)/t5-,6-/m1/s1. The average Bonchev–Trinajstić information content (AvgIpc) is 2.80. The van der Waals surface area contributed by atoms with E-state index in [1.807, 2.05) is 12.1 Å². The Morgan fingerprint density at radius 3 is 3.00 bits per heavy atom. The maximum Gasteiger partial charge on any atom is 0.157 e. The van der Waals surface area contributed by atoms with Crippen LogP contribution in [0.3, 0.4) is 0 Å². The van der Waals surface area contributed by atoms with Crippen molar-refractivity contribution in [2.75, 3.05) is 5.73 Å². The summed E-state index contributed by atoms with van der Waals surface area (Å²) in [5.74, 6) is 0.413. The number of aromatic nitrogens is 3. The Hall–Kier alpha value is -1.65. The fraction of sp³-hybridized carbons (Fsp3) is 0.333. The predicted octanol–water partition coefficient (Wildman–Crippen LogP) is 1.37. The third kappa shape index (κ3) is 0.982. The number of nitrogens with zero attached hydrogens (tertiary/aromatic N) is 2. The molecule has 1 aliphatic carbocycles. The number of anilines is 1. The Kier molecular flexibility index (Phi) is 1.34. The first-order chi connectivity index (χ1) is 6.75. The van der Waals surface area contributed by atoms with Gasteiger partial charge >= 0.3 is 0 Å². The van der Waals surface area contributed by atoms with Gasteiger partial charge in [-0.15, -0.1) is 0 Å². The molecule has 2 heterocycles. The van der Waals surface area contributed by atoms with Gasteiger partial charge in [0.2, 0.25) is 0 Å². The second-order valence-corrected chi connectivity index (χ2v) is 3.60. The number of halogens is 1. The molecule has 0 bridgehead atoms. The van der Waals surface area contributed by atoms with Crippen molar-refractivity contribution >= 4 is 16.9 Å². The Morgan fingerprint density at radius 2 is 2.29 bits per heavy atom. The first-order valence-electron chi connectivity index (χ1n) is 4.50. The monoisotopic (exact) mass is 192 g/mol. The minimum atomic E-state index is -0.722. The lowest BCUT2D eigenvalue weighted by Gasteiger charge is -1.96. The Bertz CT molecular complexity index is 493. The van der Waals surface area contributed by atoms with E-state index in [1.54, 1.807) is 0 Å². The summed E-state index contributed by atoms with van der Waals surface area (Å²) in [5.41, 5.74) is 7.01. The van der Waals surface area contributed by atoms with Crippen molar-refractivity contribution < 1.29 is 4.39 Å². The van der Waals surface area contributed by atoms with Crippen LogP contribution in [0.25, 0.3) is 11.0 Å². The van der Waals surface area contributed by atoms with Gasteiger partial charge in [0, 0.05) is 11.6 Å². The second kappa shape index (κ2) is 2.43. The third-order valence-corrected chi connectivity index (χ3v) is 2.57. The molecule has 1 aliphatic rings. The second-order valence-electron chi connectivity index (χ2n) is 3.60. The van der Waals surface area contributed by atoms with Crippen LogP contribution in [0, 0.1) is 0 Å². The van der Waals surface area contributed by atoms with Crippen molar-refractivity contribution in [3.63, 3.8) is 0 Å². The lowest BCUT2D eigenvalue weighted by Crippen LogP contribution is -1.89.